The van der Waals surface area contributed by atoms with Crippen LogP contribution >= 0.6 is 0 Å². The van der Waals surface area contributed by atoms with Crippen LogP contribution in [0.1, 0.15) is 26.7 Å². The van der Waals surface area contributed by atoms with Gasteiger partial charge in [0, 0.05) is 12.3 Å². The van der Waals surface area contributed by atoms with Gasteiger partial charge in [0.1, 0.15) is 0 Å². The molecule has 1 unspecified atom stereocenters. The van der Waals surface area contributed by atoms with E-state index in [1.807, 2.05) is 13.8 Å². The van der Waals surface area contributed by atoms with Gasteiger partial charge in [0.05, 0.1) is 6.61 Å². The van der Waals surface area contributed by atoms with Crippen molar-refractivity contribution in [2.75, 3.05) is 6.61 Å². The third kappa shape index (κ3) is 5.64. The number of hydrogen-bond acceptors (Lipinski definition) is 2. The molecular weight excluding hydrogens is 140 g/mol. The van der Waals surface area contributed by atoms with Crippen LogP contribution in [0.4, 0.5) is 0 Å². The number of ether oxygens (including phenoxy) is 1. The first-order chi connectivity index (χ1) is 5.20. The van der Waals surface area contributed by atoms with E-state index in [1.165, 1.54) is 0 Å². The van der Waals surface area contributed by atoms with Crippen molar-refractivity contribution < 1.29 is 9.53 Å². The van der Waals surface area contributed by atoms with E-state index in [2.05, 4.69) is 6.58 Å². The molecule has 0 aromatic carbocycles. The molecule has 64 valence electrons. The van der Waals surface area contributed by atoms with E-state index >= 15 is 0 Å². The quantitative estimate of drug-likeness (QED) is 0.450. The van der Waals surface area contributed by atoms with Crippen LogP contribution in [-0.4, -0.2) is 12.6 Å². The molecule has 0 aliphatic rings. The van der Waals surface area contributed by atoms with E-state index in [9.17, 15) is 4.79 Å². The zero-order valence-corrected chi connectivity index (χ0v) is 7.30. The van der Waals surface area contributed by atoms with Gasteiger partial charge in [-0.25, -0.2) is 0 Å². The number of rotatable bonds is 5. The third-order valence-electron chi connectivity index (χ3n) is 1.36. The van der Waals surface area contributed by atoms with Crippen LogP contribution in [0.5, 0.6) is 0 Å². The average molecular weight is 156 g/mol. The number of hydrogen-bond donors (Lipinski definition) is 0. The molecule has 0 bridgehead atoms. The van der Waals surface area contributed by atoms with Gasteiger partial charge >= 0.3 is 5.97 Å². The summed E-state index contributed by atoms with van der Waals surface area (Å²) in [5.74, 6) is 0.150. The van der Waals surface area contributed by atoms with Crippen molar-refractivity contribution in [3.8, 4) is 0 Å². The molecule has 0 spiro atoms. The van der Waals surface area contributed by atoms with Crippen LogP contribution in [0.15, 0.2) is 12.7 Å². The molecular formula is C9H16O2. The van der Waals surface area contributed by atoms with Gasteiger partial charge in [0.2, 0.25) is 0 Å². The summed E-state index contributed by atoms with van der Waals surface area (Å²) >= 11 is 0. The minimum absolute atomic E-state index is 0.110. The summed E-state index contributed by atoms with van der Waals surface area (Å²) in [6, 6.07) is 0. The van der Waals surface area contributed by atoms with E-state index in [-0.39, 0.29) is 11.9 Å². The lowest BCUT2D eigenvalue weighted by Crippen LogP contribution is -2.09. The highest BCUT2D eigenvalue weighted by Gasteiger charge is 2.02. The van der Waals surface area contributed by atoms with Crippen LogP contribution in [0, 0.1) is 5.92 Å². The van der Waals surface area contributed by atoms with Crippen molar-refractivity contribution in [1.29, 1.82) is 0 Å². The Morgan fingerprint density at radius 3 is 2.82 bits per heavy atom. The summed E-state index contributed by atoms with van der Waals surface area (Å²) in [6.07, 6.45) is 3.14. The number of carbonyl (C=O) groups is 1. The Kier molecular flexibility index (Phi) is 5.53. The summed E-state index contributed by atoms with van der Waals surface area (Å²) in [5, 5.41) is 0. The molecule has 0 radical (unpaired) electrons. The summed E-state index contributed by atoms with van der Waals surface area (Å²) in [4.78, 5) is 10.8. The van der Waals surface area contributed by atoms with Crippen molar-refractivity contribution in [3.63, 3.8) is 0 Å². The van der Waals surface area contributed by atoms with E-state index in [0.29, 0.717) is 13.0 Å². The molecule has 0 saturated carbocycles. The molecule has 0 saturated heterocycles. The molecule has 0 fully saturated rings. The highest BCUT2D eigenvalue weighted by atomic mass is 16.5. The fourth-order valence-electron chi connectivity index (χ4n) is 0.569. The molecule has 0 amide bonds. The predicted octanol–water partition coefficient (Wildman–Crippen LogP) is 2.15. The van der Waals surface area contributed by atoms with Crippen molar-refractivity contribution in [3.05, 3.63) is 12.7 Å². The molecule has 0 rings (SSSR count). The third-order valence-corrected chi connectivity index (χ3v) is 1.36. The Hall–Kier alpha value is -0.790. The molecule has 0 aliphatic heterocycles. The van der Waals surface area contributed by atoms with Gasteiger partial charge in [0.25, 0.3) is 0 Å². The summed E-state index contributed by atoms with van der Waals surface area (Å²) < 4.78 is 4.92. The Bertz CT molecular complexity index is 130. The second kappa shape index (κ2) is 5.96. The lowest BCUT2D eigenvalue weighted by Gasteiger charge is -2.06. The predicted molar refractivity (Wildman–Crippen MR) is 45.2 cm³/mol. The Balaban J connectivity index is 3.37. The monoisotopic (exact) mass is 156 g/mol. The SMILES string of the molecule is C=CC(C)COC(=O)CCC. The van der Waals surface area contributed by atoms with Gasteiger partial charge in [-0.15, -0.1) is 6.58 Å². The first-order valence-corrected chi connectivity index (χ1v) is 3.98. The molecule has 0 aromatic rings. The molecule has 2 heteroatoms. The van der Waals surface area contributed by atoms with Crippen LogP contribution < -0.4 is 0 Å². The van der Waals surface area contributed by atoms with Crippen LogP contribution in [0.25, 0.3) is 0 Å². The van der Waals surface area contributed by atoms with Gasteiger partial charge in [-0.3, -0.25) is 4.79 Å². The maximum absolute atomic E-state index is 10.8. The highest BCUT2D eigenvalue weighted by Crippen LogP contribution is 1.98. The second-order valence-corrected chi connectivity index (χ2v) is 2.65. The van der Waals surface area contributed by atoms with E-state index < -0.39 is 0 Å². The molecule has 0 aromatic heterocycles. The Morgan fingerprint density at radius 1 is 1.73 bits per heavy atom. The number of esters is 1. The fraction of sp³-hybridized carbons (Fsp3) is 0.667. The van der Waals surface area contributed by atoms with Crippen LogP contribution in [-0.2, 0) is 9.53 Å². The Morgan fingerprint density at radius 2 is 2.36 bits per heavy atom. The first kappa shape index (κ1) is 10.2. The lowest BCUT2D eigenvalue weighted by atomic mass is 10.2. The van der Waals surface area contributed by atoms with Crippen molar-refractivity contribution in [2.24, 2.45) is 5.92 Å². The summed E-state index contributed by atoms with van der Waals surface area (Å²) in [6.45, 7) is 7.97. The first-order valence-electron chi connectivity index (χ1n) is 3.98. The zero-order chi connectivity index (χ0) is 8.69. The minimum atomic E-state index is -0.110. The largest absolute Gasteiger partial charge is 0.465 e. The Labute approximate surface area is 68.2 Å². The van der Waals surface area contributed by atoms with E-state index in [4.69, 9.17) is 4.74 Å². The number of carbonyl (C=O) groups excluding carboxylic acids is 1. The average Bonchev–Trinajstić information content (AvgIpc) is 2.01. The van der Waals surface area contributed by atoms with Gasteiger partial charge in [-0.1, -0.05) is 19.9 Å². The smallest absolute Gasteiger partial charge is 0.305 e. The molecule has 0 aliphatic carbocycles. The van der Waals surface area contributed by atoms with Crippen molar-refractivity contribution in [2.45, 2.75) is 26.7 Å². The maximum atomic E-state index is 10.8. The van der Waals surface area contributed by atoms with E-state index in [0.717, 1.165) is 6.42 Å². The van der Waals surface area contributed by atoms with Gasteiger partial charge in [-0.2, -0.15) is 0 Å². The lowest BCUT2D eigenvalue weighted by molar-refractivity contribution is -0.144. The van der Waals surface area contributed by atoms with Crippen molar-refractivity contribution >= 4 is 5.97 Å². The van der Waals surface area contributed by atoms with Crippen molar-refractivity contribution in [1.82, 2.24) is 0 Å². The topological polar surface area (TPSA) is 26.3 Å². The van der Waals surface area contributed by atoms with E-state index in [1.54, 1.807) is 6.08 Å². The van der Waals surface area contributed by atoms with Crippen LogP contribution in [0.2, 0.25) is 0 Å². The molecule has 0 N–H and O–H groups in total. The summed E-state index contributed by atoms with van der Waals surface area (Å²) in [7, 11) is 0. The fourth-order valence-corrected chi connectivity index (χ4v) is 0.569. The standard InChI is InChI=1S/C9H16O2/c1-4-6-9(10)11-7-8(3)5-2/h5,8H,2,4,6-7H2,1,3H3. The molecule has 0 heterocycles. The zero-order valence-electron chi connectivity index (χ0n) is 7.30. The molecule has 1 atom stereocenters. The normalized spacial score (nSPS) is 12.2. The molecule has 11 heavy (non-hydrogen) atoms. The van der Waals surface area contributed by atoms with Gasteiger partial charge < -0.3 is 4.74 Å². The van der Waals surface area contributed by atoms with Gasteiger partial charge in [-0.05, 0) is 6.42 Å². The van der Waals surface area contributed by atoms with Gasteiger partial charge in [0.15, 0.2) is 0 Å². The maximum Gasteiger partial charge on any atom is 0.305 e. The molecule has 2 nitrogen and oxygen atoms in total. The highest BCUT2D eigenvalue weighted by molar-refractivity contribution is 5.69. The van der Waals surface area contributed by atoms with Crippen LogP contribution in [0.3, 0.4) is 0 Å². The minimum Gasteiger partial charge on any atom is -0.465 e. The summed E-state index contributed by atoms with van der Waals surface area (Å²) in [5.41, 5.74) is 0. The second-order valence-electron chi connectivity index (χ2n) is 2.65.